The van der Waals surface area contributed by atoms with Gasteiger partial charge in [0.25, 0.3) is 0 Å². The maximum atomic E-state index is 12.6. The minimum atomic E-state index is 0.253. The van der Waals surface area contributed by atoms with Crippen molar-refractivity contribution in [2.75, 3.05) is 19.6 Å². The van der Waals surface area contributed by atoms with Crippen molar-refractivity contribution in [1.82, 2.24) is 9.80 Å². The summed E-state index contributed by atoms with van der Waals surface area (Å²) in [6, 6.07) is 2.42. The molecule has 3 saturated heterocycles. The number of rotatable bonds is 2. The van der Waals surface area contributed by atoms with E-state index in [2.05, 4.69) is 15.2 Å². The third kappa shape index (κ3) is 2.56. The highest BCUT2D eigenvalue weighted by molar-refractivity contribution is 7.07. The third-order valence-corrected chi connectivity index (χ3v) is 6.20. The van der Waals surface area contributed by atoms with Crippen LogP contribution in [0, 0.1) is 11.8 Å². The Morgan fingerprint density at radius 1 is 1.32 bits per heavy atom. The first kappa shape index (κ1) is 14.2. The van der Waals surface area contributed by atoms with Gasteiger partial charge in [0.1, 0.15) is 0 Å². The fourth-order valence-electron chi connectivity index (χ4n) is 4.49. The molecule has 1 aromatic rings. The zero-order valence-corrected chi connectivity index (χ0v) is 13.6. The first-order valence-corrected chi connectivity index (χ1v) is 9.23. The van der Waals surface area contributed by atoms with E-state index in [-0.39, 0.29) is 5.91 Å². The molecule has 4 heterocycles. The van der Waals surface area contributed by atoms with Crippen LogP contribution in [0.1, 0.15) is 31.2 Å². The molecule has 0 N–H and O–H groups in total. The van der Waals surface area contributed by atoms with E-state index in [9.17, 15) is 9.59 Å². The molecule has 0 radical (unpaired) electrons. The Labute approximate surface area is 135 Å². The van der Waals surface area contributed by atoms with Crippen LogP contribution in [0.4, 0.5) is 0 Å². The van der Waals surface area contributed by atoms with Crippen molar-refractivity contribution in [3.05, 3.63) is 22.4 Å². The van der Waals surface area contributed by atoms with E-state index in [4.69, 9.17) is 0 Å². The van der Waals surface area contributed by atoms with Crippen LogP contribution in [0.2, 0.25) is 0 Å². The number of hydrogen-bond donors (Lipinski definition) is 0. The Kier molecular flexibility index (Phi) is 3.68. The van der Waals surface area contributed by atoms with E-state index in [1.54, 1.807) is 11.3 Å². The van der Waals surface area contributed by atoms with Gasteiger partial charge in [-0.25, -0.2) is 0 Å². The second-order valence-electron chi connectivity index (χ2n) is 6.97. The second kappa shape index (κ2) is 5.69. The van der Waals surface area contributed by atoms with E-state index in [1.165, 1.54) is 6.42 Å². The van der Waals surface area contributed by atoms with Crippen LogP contribution in [0.25, 0.3) is 0 Å². The van der Waals surface area contributed by atoms with Crippen molar-refractivity contribution in [3.8, 4) is 0 Å². The lowest BCUT2D eigenvalue weighted by molar-refractivity contribution is -0.148. The van der Waals surface area contributed by atoms with Gasteiger partial charge in [0.05, 0.1) is 6.42 Å². The predicted molar refractivity (Wildman–Crippen MR) is 85.6 cm³/mol. The predicted octanol–water partition coefficient (Wildman–Crippen LogP) is 2.15. The number of carbonyl (C=O) groups is 2. The summed E-state index contributed by atoms with van der Waals surface area (Å²) >= 11 is 1.65. The molecule has 3 atom stereocenters. The summed E-state index contributed by atoms with van der Waals surface area (Å²) in [5, 5.41) is 4.09. The smallest absolute Gasteiger partial charge is 0.227 e. The fourth-order valence-corrected chi connectivity index (χ4v) is 5.16. The molecule has 2 amide bonds. The molecule has 4 nitrogen and oxygen atoms in total. The van der Waals surface area contributed by atoms with Gasteiger partial charge < -0.3 is 9.80 Å². The number of amides is 2. The number of fused-ring (bicyclic) bond motifs is 4. The van der Waals surface area contributed by atoms with E-state index >= 15 is 0 Å². The highest BCUT2D eigenvalue weighted by Crippen LogP contribution is 2.38. The van der Waals surface area contributed by atoms with Gasteiger partial charge in [0.2, 0.25) is 11.8 Å². The maximum absolute atomic E-state index is 12.6. The molecule has 5 heteroatoms. The minimum absolute atomic E-state index is 0.253. The normalized spacial score (nSPS) is 31.1. The molecule has 3 unspecified atom stereocenters. The molecule has 3 fully saturated rings. The van der Waals surface area contributed by atoms with Gasteiger partial charge in [-0.15, -0.1) is 0 Å². The third-order valence-electron chi connectivity index (χ3n) is 5.47. The van der Waals surface area contributed by atoms with Gasteiger partial charge in [-0.1, -0.05) is 0 Å². The number of piperidine rings is 3. The van der Waals surface area contributed by atoms with Crippen molar-refractivity contribution in [1.29, 1.82) is 0 Å². The summed E-state index contributed by atoms with van der Waals surface area (Å²) in [6.45, 7) is 2.53. The van der Waals surface area contributed by atoms with Crippen LogP contribution in [0.3, 0.4) is 0 Å². The molecular weight excluding hydrogens is 296 g/mol. The Morgan fingerprint density at radius 2 is 2.23 bits per heavy atom. The van der Waals surface area contributed by atoms with Crippen molar-refractivity contribution in [3.63, 3.8) is 0 Å². The highest BCUT2D eigenvalue weighted by atomic mass is 32.1. The molecule has 4 rings (SSSR count). The first-order chi connectivity index (χ1) is 10.7. The van der Waals surface area contributed by atoms with Crippen LogP contribution in [0.15, 0.2) is 16.8 Å². The summed E-state index contributed by atoms with van der Waals surface area (Å²) in [4.78, 5) is 28.9. The van der Waals surface area contributed by atoms with Gasteiger partial charge in [0, 0.05) is 32.1 Å². The van der Waals surface area contributed by atoms with Gasteiger partial charge in [-0.2, -0.15) is 11.3 Å². The molecule has 0 saturated carbocycles. The van der Waals surface area contributed by atoms with E-state index in [1.807, 2.05) is 11.4 Å². The number of carbonyl (C=O) groups excluding carboxylic acids is 2. The average molecular weight is 318 g/mol. The largest absolute Gasteiger partial charge is 0.342 e. The molecule has 1 aromatic heterocycles. The standard InChI is InChI=1S/C17H22N2O2S/c20-16-3-1-2-15-14-6-13(9-19(15)16)8-18(10-14)17(21)7-12-4-5-22-11-12/h4-5,11,13-15H,1-3,6-10H2. The Bertz CT molecular complexity index is 571. The molecule has 22 heavy (non-hydrogen) atoms. The number of nitrogens with zero attached hydrogens (tertiary/aromatic N) is 2. The number of thiophene rings is 1. The van der Waals surface area contributed by atoms with Crippen LogP contribution in [-0.2, 0) is 16.0 Å². The van der Waals surface area contributed by atoms with Gasteiger partial charge >= 0.3 is 0 Å². The summed E-state index contributed by atoms with van der Waals surface area (Å²) in [7, 11) is 0. The minimum Gasteiger partial charge on any atom is -0.342 e. The van der Waals surface area contributed by atoms with E-state index in [0.29, 0.717) is 30.2 Å². The number of likely N-dealkylation sites (tertiary alicyclic amines) is 1. The SMILES string of the molecule is O=C(Cc1ccsc1)N1CC2CC(C1)C1CCCC(=O)N1C2. The monoisotopic (exact) mass is 318 g/mol. The van der Waals surface area contributed by atoms with E-state index < -0.39 is 0 Å². The van der Waals surface area contributed by atoms with Crippen molar-refractivity contribution >= 4 is 23.2 Å². The highest BCUT2D eigenvalue weighted by Gasteiger charge is 2.44. The lowest BCUT2D eigenvalue weighted by Crippen LogP contribution is -2.61. The van der Waals surface area contributed by atoms with Crippen LogP contribution >= 0.6 is 11.3 Å². The summed E-state index contributed by atoms with van der Waals surface area (Å²) < 4.78 is 0. The van der Waals surface area contributed by atoms with Crippen molar-refractivity contribution < 1.29 is 9.59 Å². The zero-order chi connectivity index (χ0) is 15.1. The lowest BCUT2D eigenvalue weighted by atomic mass is 9.76. The van der Waals surface area contributed by atoms with Crippen LogP contribution < -0.4 is 0 Å². The van der Waals surface area contributed by atoms with Crippen LogP contribution in [-0.4, -0.2) is 47.3 Å². The average Bonchev–Trinajstić information content (AvgIpc) is 3.01. The van der Waals surface area contributed by atoms with Crippen molar-refractivity contribution in [2.45, 2.75) is 38.1 Å². The quantitative estimate of drug-likeness (QED) is 0.838. The number of hydrogen-bond acceptors (Lipinski definition) is 3. The summed E-state index contributed by atoms with van der Waals surface area (Å²) in [5.74, 6) is 1.55. The second-order valence-corrected chi connectivity index (χ2v) is 7.75. The maximum Gasteiger partial charge on any atom is 0.227 e. The van der Waals surface area contributed by atoms with Gasteiger partial charge in [-0.05, 0) is 53.5 Å². The molecule has 0 aromatic carbocycles. The molecule has 2 bridgehead atoms. The summed E-state index contributed by atoms with van der Waals surface area (Å²) in [5.41, 5.74) is 1.13. The first-order valence-electron chi connectivity index (χ1n) is 8.29. The Morgan fingerprint density at radius 3 is 3.05 bits per heavy atom. The molecule has 0 aliphatic carbocycles. The zero-order valence-electron chi connectivity index (χ0n) is 12.7. The molecule has 118 valence electrons. The molecule has 0 spiro atoms. The fraction of sp³-hybridized carbons (Fsp3) is 0.647. The van der Waals surface area contributed by atoms with Gasteiger partial charge in [0.15, 0.2) is 0 Å². The van der Waals surface area contributed by atoms with E-state index in [0.717, 1.165) is 44.5 Å². The van der Waals surface area contributed by atoms with Crippen LogP contribution in [0.5, 0.6) is 0 Å². The molecule has 3 aliphatic rings. The molecular formula is C17H22N2O2S. The molecule has 3 aliphatic heterocycles. The van der Waals surface area contributed by atoms with Crippen molar-refractivity contribution in [2.24, 2.45) is 11.8 Å². The Hall–Kier alpha value is -1.36. The summed E-state index contributed by atoms with van der Waals surface area (Å²) in [6.07, 6.45) is 4.57. The van der Waals surface area contributed by atoms with Gasteiger partial charge in [-0.3, -0.25) is 9.59 Å². The Balaban J connectivity index is 1.46. The lowest BCUT2D eigenvalue weighted by Gasteiger charge is -2.52. The topological polar surface area (TPSA) is 40.6 Å².